The summed E-state index contributed by atoms with van der Waals surface area (Å²) in [5.41, 5.74) is 8.83. The van der Waals surface area contributed by atoms with Crippen LogP contribution in [0.2, 0.25) is 0 Å². The average Bonchev–Trinajstić information content (AvgIpc) is 2.65. The molecule has 1 heterocycles. The summed E-state index contributed by atoms with van der Waals surface area (Å²) >= 11 is 0. The standard InChI is InChI=1S/C24H32N2O.ClH/c1-24(2)18-26(14-13-22(24)25)23(27)17-21(15-19-9-5-3-6-10-19)16-20-11-7-4-8-12-20;/h3-12,21-22H,13-18,25H2,1-2H3;1H. The molecule has 3 nitrogen and oxygen atoms in total. The molecule has 1 aliphatic heterocycles. The van der Waals surface area contributed by atoms with Crippen LogP contribution < -0.4 is 5.73 Å². The van der Waals surface area contributed by atoms with Gasteiger partial charge in [-0.3, -0.25) is 4.79 Å². The van der Waals surface area contributed by atoms with Crippen LogP contribution in [0, 0.1) is 11.3 Å². The quantitative estimate of drug-likeness (QED) is 0.776. The molecule has 2 aromatic rings. The molecular weight excluding hydrogens is 368 g/mol. The smallest absolute Gasteiger partial charge is 0.222 e. The molecule has 152 valence electrons. The molecule has 1 atom stereocenters. The van der Waals surface area contributed by atoms with Gasteiger partial charge < -0.3 is 10.6 Å². The Balaban J connectivity index is 0.00000280. The summed E-state index contributed by atoms with van der Waals surface area (Å²) in [7, 11) is 0. The van der Waals surface area contributed by atoms with Crippen molar-refractivity contribution in [3.63, 3.8) is 0 Å². The van der Waals surface area contributed by atoms with Crippen LogP contribution in [-0.2, 0) is 17.6 Å². The van der Waals surface area contributed by atoms with Gasteiger partial charge >= 0.3 is 0 Å². The summed E-state index contributed by atoms with van der Waals surface area (Å²) in [6, 6.07) is 21.2. The van der Waals surface area contributed by atoms with Crippen molar-refractivity contribution >= 4 is 18.3 Å². The topological polar surface area (TPSA) is 46.3 Å². The van der Waals surface area contributed by atoms with Gasteiger partial charge in [-0.2, -0.15) is 0 Å². The third-order valence-electron chi connectivity index (χ3n) is 5.86. The second-order valence-corrected chi connectivity index (χ2v) is 8.65. The molecular formula is C24H33ClN2O. The fourth-order valence-corrected chi connectivity index (χ4v) is 4.07. The van der Waals surface area contributed by atoms with Crippen molar-refractivity contribution in [2.24, 2.45) is 17.1 Å². The van der Waals surface area contributed by atoms with E-state index < -0.39 is 0 Å². The monoisotopic (exact) mass is 400 g/mol. The lowest BCUT2D eigenvalue weighted by molar-refractivity contribution is -0.135. The summed E-state index contributed by atoms with van der Waals surface area (Å²) in [5, 5.41) is 0. The van der Waals surface area contributed by atoms with Crippen LogP contribution in [0.15, 0.2) is 60.7 Å². The van der Waals surface area contributed by atoms with Gasteiger partial charge in [0.1, 0.15) is 0 Å². The number of halogens is 1. The predicted molar refractivity (Wildman–Crippen MR) is 119 cm³/mol. The van der Waals surface area contributed by atoms with Crippen molar-refractivity contribution in [1.29, 1.82) is 0 Å². The fourth-order valence-electron chi connectivity index (χ4n) is 4.07. The Morgan fingerprint density at radius 1 is 1.04 bits per heavy atom. The number of rotatable bonds is 6. The van der Waals surface area contributed by atoms with Gasteiger partial charge in [0.25, 0.3) is 0 Å². The van der Waals surface area contributed by atoms with Crippen LogP contribution in [0.3, 0.4) is 0 Å². The first-order valence-electron chi connectivity index (χ1n) is 10.1. The first kappa shape index (κ1) is 22.4. The summed E-state index contributed by atoms with van der Waals surface area (Å²) in [6.45, 7) is 5.88. The first-order chi connectivity index (χ1) is 12.9. The lowest BCUT2D eigenvalue weighted by atomic mass is 9.79. The number of hydrogen-bond acceptors (Lipinski definition) is 2. The number of likely N-dealkylation sites (tertiary alicyclic amines) is 1. The average molecular weight is 401 g/mol. The molecule has 1 amide bonds. The van der Waals surface area contributed by atoms with Crippen molar-refractivity contribution in [2.75, 3.05) is 13.1 Å². The minimum absolute atomic E-state index is 0. The SMILES string of the molecule is CC1(C)CN(C(=O)CC(Cc2ccccc2)Cc2ccccc2)CCC1N.Cl. The zero-order valence-corrected chi connectivity index (χ0v) is 17.8. The van der Waals surface area contributed by atoms with Crippen LogP contribution in [-0.4, -0.2) is 29.9 Å². The van der Waals surface area contributed by atoms with Crippen molar-refractivity contribution < 1.29 is 4.79 Å². The van der Waals surface area contributed by atoms with Crippen LogP contribution in [0.25, 0.3) is 0 Å². The summed E-state index contributed by atoms with van der Waals surface area (Å²) < 4.78 is 0. The van der Waals surface area contributed by atoms with E-state index in [1.54, 1.807) is 0 Å². The zero-order valence-electron chi connectivity index (χ0n) is 17.0. The lowest BCUT2D eigenvalue weighted by Gasteiger charge is -2.43. The molecule has 0 radical (unpaired) electrons. The Morgan fingerprint density at radius 2 is 1.54 bits per heavy atom. The van der Waals surface area contributed by atoms with Gasteiger partial charge in [-0.25, -0.2) is 0 Å². The van der Waals surface area contributed by atoms with E-state index >= 15 is 0 Å². The predicted octanol–water partition coefficient (Wildman–Crippen LogP) is 4.49. The summed E-state index contributed by atoms with van der Waals surface area (Å²) in [4.78, 5) is 15.1. The molecule has 0 bridgehead atoms. The minimum atomic E-state index is -0.0116. The molecule has 2 N–H and O–H groups in total. The maximum Gasteiger partial charge on any atom is 0.222 e. The van der Waals surface area contributed by atoms with E-state index in [1.807, 2.05) is 17.0 Å². The van der Waals surface area contributed by atoms with Gasteiger partial charge in [0.15, 0.2) is 0 Å². The fraction of sp³-hybridized carbons (Fsp3) is 0.458. The first-order valence-corrected chi connectivity index (χ1v) is 10.1. The van der Waals surface area contributed by atoms with E-state index in [-0.39, 0.29) is 29.8 Å². The Labute approximate surface area is 175 Å². The van der Waals surface area contributed by atoms with Crippen molar-refractivity contribution in [1.82, 2.24) is 4.90 Å². The van der Waals surface area contributed by atoms with E-state index in [0.29, 0.717) is 12.3 Å². The number of nitrogens with zero attached hydrogens (tertiary/aromatic N) is 1. The van der Waals surface area contributed by atoms with Gasteiger partial charge in [-0.1, -0.05) is 74.5 Å². The number of amides is 1. The second kappa shape index (κ2) is 10.1. The molecule has 1 aliphatic rings. The Bertz CT molecular complexity index is 691. The molecule has 1 fully saturated rings. The van der Waals surface area contributed by atoms with E-state index in [1.165, 1.54) is 11.1 Å². The number of carbonyl (C=O) groups is 1. The van der Waals surface area contributed by atoms with Crippen molar-refractivity contribution in [3.8, 4) is 0 Å². The van der Waals surface area contributed by atoms with E-state index in [0.717, 1.165) is 32.4 Å². The summed E-state index contributed by atoms with van der Waals surface area (Å²) in [5.74, 6) is 0.577. The highest BCUT2D eigenvalue weighted by atomic mass is 35.5. The Kier molecular flexibility index (Phi) is 8.09. The van der Waals surface area contributed by atoms with Crippen LogP contribution in [0.4, 0.5) is 0 Å². The maximum atomic E-state index is 13.1. The van der Waals surface area contributed by atoms with Crippen LogP contribution in [0.5, 0.6) is 0 Å². The molecule has 3 rings (SSSR count). The Hall–Kier alpha value is -1.84. The minimum Gasteiger partial charge on any atom is -0.342 e. The normalized spacial score (nSPS) is 18.6. The highest BCUT2D eigenvalue weighted by Gasteiger charge is 2.35. The Morgan fingerprint density at radius 3 is 2.00 bits per heavy atom. The molecule has 28 heavy (non-hydrogen) atoms. The lowest BCUT2D eigenvalue weighted by Crippen LogP contribution is -2.54. The molecule has 0 aliphatic carbocycles. The number of hydrogen-bond donors (Lipinski definition) is 1. The van der Waals surface area contributed by atoms with Crippen molar-refractivity contribution in [3.05, 3.63) is 71.8 Å². The molecule has 4 heteroatoms. The maximum absolute atomic E-state index is 13.1. The van der Waals surface area contributed by atoms with Crippen LogP contribution in [0.1, 0.15) is 37.8 Å². The van der Waals surface area contributed by atoms with Gasteiger partial charge in [0, 0.05) is 25.6 Å². The van der Waals surface area contributed by atoms with Gasteiger partial charge in [0.05, 0.1) is 0 Å². The molecule has 0 saturated carbocycles. The molecule has 1 unspecified atom stereocenters. The number of benzene rings is 2. The molecule has 0 spiro atoms. The van der Waals surface area contributed by atoms with Gasteiger partial charge in [-0.05, 0) is 41.7 Å². The third-order valence-corrected chi connectivity index (χ3v) is 5.86. The molecule has 2 aromatic carbocycles. The van der Waals surface area contributed by atoms with E-state index in [2.05, 4.69) is 62.4 Å². The zero-order chi connectivity index (χ0) is 19.3. The number of nitrogens with two attached hydrogens (primary N) is 1. The molecule has 1 saturated heterocycles. The second-order valence-electron chi connectivity index (χ2n) is 8.65. The van der Waals surface area contributed by atoms with E-state index in [4.69, 9.17) is 5.73 Å². The van der Waals surface area contributed by atoms with E-state index in [9.17, 15) is 4.79 Å². The van der Waals surface area contributed by atoms with Gasteiger partial charge in [0.2, 0.25) is 5.91 Å². The summed E-state index contributed by atoms with van der Waals surface area (Å²) in [6.07, 6.45) is 3.34. The number of piperidine rings is 1. The number of carbonyl (C=O) groups excluding carboxylic acids is 1. The highest BCUT2D eigenvalue weighted by molar-refractivity contribution is 5.85. The van der Waals surface area contributed by atoms with Gasteiger partial charge in [-0.15, -0.1) is 12.4 Å². The third kappa shape index (κ3) is 6.08. The molecule has 0 aromatic heterocycles. The van der Waals surface area contributed by atoms with Crippen LogP contribution >= 0.6 is 12.4 Å². The highest BCUT2D eigenvalue weighted by Crippen LogP contribution is 2.29. The van der Waals surface area contributed by atoms with Crippen molar-refractivity contribution in [2.45, 2.75) is 45.6 Å². The largest absolute Gasteiger partial charge is 0.342 e.